The predicted molar refractivity (Wildman–Crippen MR) is 71.3 cm³/mol. The molecule has 0 radical (unpaired) electrons. The molecule has 1 fully saturated rings. The topological polar surface area (TPSA) is 38.7 Å². The van der Waals surface area contributed by atoms with Crippen molar-refractivity contribution in [2.75, 3.05) is 13.2 Å². The summed E-state index contributed by atoms with van der Waals surface area (Å²) in [6.45, 7) is 3.39. The van der Waals surface area contributed by atoms with Crippen LogP contribution in [0.2, 0.25) is 0 Å². The molecular weight excluding hydrogens is 228 g/mol. The van der Waals surface area contributed by atoms with Crippen LogP contribution in [0.1, 0.15) is 58.3 Å². The number of ether oxygens (including phenoxy) is 2. The Balaban J connectivity index is 2.13. The summed E-state index contributed by atoms with van der Waals surface area (Å²) in [6, 6.07) is 0. The second-order valence-corrected chi connectivity index (χ2v) is 5.41. The number of aliphatic hydroxyl groups excluding tert-OH is 1. The van der Waals surface area contributed by atoms with Crippen LogP contribution in [0.3, 0.4) is 0 Å². The maximum Gasteiger partial charge on any atom is 0.139 e. The Morgan fingerprint density at radius 3 is 2.56 bits per heavy atom. The van der Waals surface area contributed by atoms with Crippen LogP contribution in [-0.4, -0.2) is 30.0 Å². The fraction of sp³-hybridized carbons (Fsp3) is 0.867. The summed E-state index contributed by atoms with van der Waals surface area (Å²) in [4.78, 5) is 0. The van der Waals surface area contributed by atoms with Gasteiger partial charge in [0.2, 0.25) is 0 Å². The lowest BCUT2D eigenvalue weighted by Gasteiger charge is -2.38. The van der Waals surface area contributed by atoms with Crippen LogP contribution in [-0.2, 0) is 9.47 Å². The molecule has 1 heterocycles. The Labute approximate surface area is 110 Å². The first-order valence-electron chi connectivity index (χ1n) is 7.43. The van der Waals surface area contributed by atoms with Crippen molar-refractivity contribution >= 4 is 0 Å². The van der Waals surface area contributed by atoms with Gasteiger partial charge in [-0.05, 0) is 38.7 Å². The molecule has 3 heteroatoms. The van der Waals surface area contributed by atoms with Crippen LogP contribution >= 0.6 is 0 Å². The van der Waals surface area contributed by atoms with Crippen LogP contribution in [0.25, 0.3) is 0 Å². The van der Waals surface area contributed by atoms with Gasteiger partial charge in [-0.3, -0.25) is 0 Å². The van der Waals surface area contributed by atoms with Gasteiger partial charge in [0.25, 0.3) is 0 Å². The quantitative estimate of drug-likeness (QED) is 0.783. The fourth-order valence-electron chi connectivity index (χ4n) is 3.14. The first kappa shape index (κ1) is 13.9. The molecular formula is C15H26O3. The number of hydrogen-bond acceptors (Lipinski definition) is 3. The number of hydrogen-bond donors (Lipinski definition) is 1. The first-order chi connectivity index (χ1) is 8.78. The Morgan fingerprint density at radius 2 is 2.00 bits per heavy atom. The summed E-state index contributed by atoms with van der Waals surface area (Å²) >= 11 is 0. The minimum Gasteiger partial charge on any atom is -0.495 e. The third kappa shape index (κ3) is 3.07. The molecule has 1 unspecified atom stereocenters. The average molecular weight is 254 g/mol. The molecule has 0 amide bonds. The Kier molecular flexibility index (Phi) is 5.07. The van der Waals surface area contributed by atoms with Gasteiger partial charge in [-0.1, -0.05) is 25.7 Å². The largest absolute Gasteiger partial charge is 0.495 e. The highest BCUT2D eigenvalue weighted by atomic mass is 16.5. The zero-order chi connectivity index (χ0) is 12.8. The molecule has 0 bridgehead atoms. The fourth-order valence-corrected chi connectivity index (χ4v) is 3.14. The van der Waals surface area contributed by atoms with Crippen LogP contribution in [0.5, 0.6) is 0 Å². The molecule has 1 aliphatic carbocycles. The highest BCUT2D eigenvalue weighted by Gasteiger charge is 2.41. The van der Waals surface area contributed by atoms with E-state index in [2.05, 4.69) is 0 Å². The second kappa shape index (κ2) is 6.58. The summed E-state index contributed by atoms with van der Waals surface area (Å²) in [5.41, 5.74) is -0.408. The molecule has 2 rings (SSSR count). The molecule has 0 aromatic carbocycles. The van der Waals surface area contributed by atoms with E-state index in [9.17, 15) is 5.11 Å². The molecule has 1 atom stereocenters. The molecule has 1 aliphatic heterocycles. The van der Waals surface area contributed by atoms with Crippen LogP contribution < -0.4 is 0 Å². The smallest absolute Gasteiger partial charge is 0.139 e. The molecule has 3 nitrogen and oxygen atoms in total. The van der Waals surface area contributed by atoms with E-state index >= 15 is 0 Å². The van der Waals surface area contributed by atoms with Gasteiger partial charge < -0.3 is 14.6 Å². The minimum absolute atomic E-state index is 0.408. The lowest BCUT2D eigenvalue weighted by atomic mass is 9.86. The third-order valence-electron chi connectivity index (χ3n) is 4.11. The van der Waals surface area contributed by atoms with Gasteiger partial charge in [0.15, 0.2) is 0 Å². The number of allylic oxidation sites excluding steroid dienone is 1. The van der Waals surface area contributed by atoms with Crippen molar-refractivity contribution in [3.8, 4) is 0 Å². The van der Waals surface area contributed by atoms with Crippen LogP contribution in [0, 0.1) is 0 Å². The van der Waals surface area contributed by atoms with Crippen LogP contribution in [0.15, 0.2) is 11.8 Å². The molecule has 0 saturated heterocycles. The minimum atomic E-state index is -0.587. The highest BCUT2D eigenvalue weighted by Crippen LogP contribution is 2.37. The maximum atomic E-state index is 10.7. The van der Waals surface area contributed by atoms with Gasteiger partial charge in [0.05, 0.1) is 6.61 Å². The number of rotatable bonds is 4. The summed E-state index contributed by atoms with van der Waals surface area (Å²) in [5, 5.41) is 10.7. The lowest BCUT2D eigenvalue weighted by Crippen LogP contribution is -2.46. The van der Waals surface area contributed by atoms with Gasteiger partial charge in [-0.2, -0.15) is 0 Å². The average Bonchev–Trinajstić information content (AvgIpc) is 2.66. The zero-order valence-corrected chi connectivity index (χ0v) is 11.5. The van der Waals surface area contributed by atoms with E-state index in [4.69, 9.17) is 9.47 Å². The SMILES string of the molecule is CCOC1(C(O)C2=CCCCO2)CCCCCC1. The van der Waals surface area contributed by atoms with Crippen molar-refractivity contribution in [1.29, 1.82) is 0 Å². The van der Waals surface area contributed by atoms with Crippen LogP contribution in [0.4, 0.5) is 0 Å². The standard InChI is InChI=1S/C15H26O3/c1-2-18-15(10-6-3-4-7-11-15)14(16)13-9-5-8-12-17-13/h9,14,16H,2-8,10-12H2,1H3. The number of aliphatic hydroxyl groups is 1. The molecule has 0 spiro atoms. The van der Waals surface area contributed by atoms with Gasteiger partial charge in [0.1, 0.15) is 17.5 Å². The molecule has 104 valence electrons. The molecule has 18 heavy (non-hydrogen) atoms. The Hall–Kier alpha value is -0.540. The van der Waals surface area contributed by atoms with Crippen molar-refractivity contribution in [3.63, 3.8) is 0 Å². The molecule has 1 N–H and O–H groups in total. The zero-order valence-electron chi connectivity index (χ0n) is 11.5. The summed E-state index contributed by atoms with van der Waals surface area (Å²) < 4.78 is 11.6. The molecule has 2 aliphatic rings. The van der Waals surface area contributed by atoms with Gasteiger partial charge in [-0.15, -0.1) is 0 Å². The highest BCUT2D eigenvalue weighted by molar-refractivity contribution is 5.10. The second-order valence-electron chi connectivity index (χ2n) is 5.41. The van der Waals surface area contributed by atoms with Crippen molar-refractivity contribution in [3.05, 3.63) is 11.8 Å². The summed E-state index contributed by atoms with van der Waals surface area (Å²) in [6.07, 6.45) is 10.2. The van der Waals surface area contributed by atoms with Gasteiger partial charge in [-0.25, -0.2) is 0 Å². The summed E-state index contributed by atoms with van der Waals surface area (Å²) in [7, 11) is 0. The van der Waals surface area contributed by atoms with E-state index in [-0.39, 0.29) is 0 Å². The van der Waals surface area contributed by atoms with Crippen molar-refractivity contribution in [2.45, 2.75) is 70.0 Å². The molecule has 0 aromatic heterocycles. The van der Waals surface area contributed by atoms with Crippen molar-refractivity contribution < 1.29 is 14.6 Å². The predicted octanol–water partition coefficient (Wildman–Crippen LogP) is 3.17. The van der Waals surface area contributed by atoms with E-state index < -0.39 is 11.7 Å². The van der Waals surface area contributed by atoms with E-state index in [1.807, 2.05) is 13.0 Å². The Bertz CT molecular complexity index is 277. The third-order valence-corrected chi connectivity index (χ3v) is 4.11. The molecule has 1 saturated carbocycles. The van der Waals surface area contributed by atoms with Gasteiger partial charge >= 0.3 is 0 Å². The van der Waals surface area contributed by atoms with Gasteiger partial charge in [0, 0.05) is 6.61 Å². The van der Waals surface area contributed by atoms with Crippen molar-refractivity contribution in [2.24, 2.45) is 0 Å². The normalized spacial score (nSPS) is 25.8. The van der Waals surface area contributed by atoms with E-state index in [1.54, 1.807) is 0 Å². The first-order valence-corrected chi connectivity index (χ1v) is 7.43. The van der Waals surface area contributed by atoms with E-state index in [1.165, 1.54) is 12.8 Å². The van der Waals surface area contributed by atoms with Crippen molar-refractivity contribution in [1.82, 2.24) is 0 Å². The van der Waals surface area contributed by atoms with E-state index in [0.29, 0.717) is 6.61 Å². The summed E-state index contributed by atoms with van der Waals surface area (Å²) in [5.74, 6) is 0.747. The molecule has 0 aromatic rings. The lowest BCUT2D eigenvalue weighted by molar-refractivity contribution is -0.130. The van der Waals surface area contributed by atoms with E-state index in [0.717, 1.165) is 50.9 Å². The monoisotopic (exact) mass is 254 g/mol. The maximum absolute atomic E-state index is 10.7. The Morgan fingerprint density at radius 1 is 1.28 bits per heavy atom.